The summed E-state index contributed by atoms with van der Waals surface area (Å²) in [7, 11) is 0. The second-order valence-electron chi connectivity index (χ2n) is 15.3. The molecule has 3 nitrogen and oxygen atoms in total. The molecular formula is C58H56N2O. The number of aryl methyl sites for hydroxylation is 6. The number of para-hydroxylation sites is 3. The Kier molecular flexibility index (Phi) is 6.10. The molecule has 3 heteroatoms. The molecule has 0 aliphatic carbocycles. The Morgan fingerprint density at radius 1 is 0.443 bits per heavy atom. The highest BCUT2D eigenvalue weighted by atomic mass is 16.3. The average Bonchev–Trinajstić information content (AvgIpc) is 4.00. The molecule has 1 aromatic heterocycles. The Morgan fingerprint density at radius 3 is 1.57 bits per heavy atom. The van der Waals surface area contributed by atoms with Crippen molar-refractivity contribution in [1.82, 2.24) is 4.98 Å². The molecule has 0 amide bonds. The second-order valence-corrected chi connectivity index (χ2v) is 15.3. The van der Waals surface area contributed by atoms with Crippen LogP contribution >= 0.6 is 0 Å². The standard InChI is InChI=1S/C58H56N2O/c1-10-47-35(5)36(6)53-39(9)54-37(7)38(8)55(49(12-3)57(54)50(13-4)56(53)48(47)11-2)42-29-33-46(34-30-42)60(44-19-15-14-16-20-44)45-31-27-41(28-32-45)40-23-25-43(26-24-40)58-59-51-21-17-18-22-52(51)61-58/h14-34H,10-13H2,1-9H3/i1D3,2D3,3D3,4D3,10D2,11D2,12D2,13D2. The van der Waals surface area contributed by atoms with Gasteiger partial charge in [0, 0.05) is 50.0 Å². The van der Waals surface area contributed by atoms with Gasteiger partial charge in [0.05, 0.1) is 0 Å². The number of fused-ring (bicyclic) bond motifs is 3. The topological polar surface area (TPSA) is 29.3 Å². The zero-order valence-corrected chi connectivity index (χ0v) is 34.4. The summed E-state index contributed by atoms with van der Waals surface area (Å²) in [5.74, 6) is 0.499. The minimum absolute atomic E-state index is 0.0149. The Labute approximate surface area is 389 Å². The van der Waals surface area contributed by atoms with Gasteiger partial charge in [-0.1, -0.05) is 94.1 Å². The highest BCUT2D eigenvalue weighted by Crippen LogP contribution is 2.47. The molecule has 9 rings (SSSR count). The van der Waals surface area contributed by atoms with Crippen molar-refractivity contribution in [2.24, 2.45) is 0 Å². The van der Waals surface area contributed by atoms with Gasteiger partial charge in [0.1, 0.15) is 5.52 Å². The molecule has 9 aromatic rings. The van der Waals surface area contributed by atoms with Crippen LogP contribution in [-0.4, -0.2) is 4.98 Å². The van der Waals surface area contributed by atoms with Gasteiger partial charge in [0.25, 0.3) is 0 Å². The highest BCUT2D eigenvalue weighted by Gasteiger charge is 2.25. The second kappa shape index (κ2) is 16.2. The quantitative estimate of drug-likeness (QED) is 0.129. The van der Waals surface area contributed by atoms with Crippen molar-refractivity contribution in [2.75, 3.05) is 4.90 Å². The average molecular weight is 817 g/mol. The lowest BCUT2D eigenvalue weighted by Gasteiger charge is -2.28. The number of anilines is 3. The summed E-state index contributed by atoms with van der Waals surface area (Å²) < 4.78 is 185. The Balaban J connectivity index is 1.32. The van der Waals surface area contributed by atoms with Crippen LogP contribution in [0, 0.1) is 34.6 Å². The third kappa shape index (κ3) is 6.63. The number of aromatic nitrogens is 1. The van der Waals surface area contributed by atoms with Crippen LogP contribution in [0.2, 0.25) is 0 Å². The van der Waals surface area contributed by atoms with Crippen LogP contribution in [0.3, 0.4) is 0 Å². The Bertz CT molecular complexity index is 3880. The minimum atomic E-state index is -3.76. The number of oxazole rings is 1. The molecule has 1 heterocycles. The van der Waals surface area contributed by atoms with Crippen molar-refractivity contribution in [3.05, 3.63) is 177 Å². The van der Waals surface area contributed by atoms with E-state index in [1.807, 2.05) is 108 Å². The third-order valence-corrected chi connectivity index (χ3v) is 12.2. The lowest BCUT2D eigenvalue weighted by molar-refractivity contribution is 0.620. The molecule has 0 N–H and O–H groups in total. The molecule has 0 spiro atoms. The molecule has 0 saturated heterocycles. The molecule has 8 aromatic carbocycles. The van der Waals surface area contributed by atoms with Crippen LogP contribution in [0.15, 0.2) is 132 Å². The smallest absolute Gasteiger partial charge is 0.227 e. The number of hydrogen-bond acceptors (Lipinski definition) is 3. The van der Waals surface area contributed by atoms with Crippen LogP contribution in [0.25, 0.3) is 66.4 Å². The van der Waals surface area contributed by atoms with Crippen LogP contribution < -0.4 is 4.90 Å². The van der Waals surface area contributed by atoms with Crippen LogP contribution in [0.4, 0.5) is 17.1 Å². The zero-order valence-electron chi connectivity index (χ0n) is 54.4. The monoisotopic (exact) mass is 817 g/mol. The lowest BCUT2D eigenvalue weighted by atomic mass is 9.77. The maximum Gasteiger partial charge on any atom is 0.227 e. The first kappa shape index (κ1) is 23.0. The van der Waals surface area contributed by atoms with Gasteiger partial charge in [-0.25, -0.2) is 4.98 Å². The maximum atomic E-state index is 9.68. The SMILES string of the molecule is [2H]C([2H])([2H])C([2H])([2H])c1c(C)c(C)c2c(C)c3c(C)c(C)c(-c4ccc(N(c5ccccc5)c5ccc(-c6ccc(-c7nc8ccccc8o7)cc6)cc5)cc4)c(C([2H])([2H])C([2H])([2H])[2H])c3c(C([2H])([2H])C([2H])([2H])[2H])c2c1C([2H])([2H])C([2H])([2H])[2H]. The van der Waals surface area contributed by atoms with E-state index in [9.17, 15) is 8.22 Å². The van der Waals surface area contributed by atoms with Gasteiger partial charge in [0.15, 0.2) is 5.58 Å². The van der Waals surface area contributed by atoms with E-state index >= 15 is 0 Å². The first-order valence-corrected chi connectivity index (χ1v) is 20.0. The molecule has 0 fully saturated rings. The summed E-state index contributed by atoms with van der Waals surface area (Å²) >= 11 is 0. The van der Waals surface area contributed by atoms with Crippen molar-refractivity contribution >= 4 is 49.7 Å². The van der Waals surface area contributed by atoms with Gasteiger partial charge < -0.3 is 9.32 Å². The summed E-state index contributed by atoms with van der Waals surface area (Å²) in [6.07, 6.45) is -14.6. The van der Waals surface area contributed by atoms with E-state index in [0.29, 0.717) is 28.3 Å². The molecule has 0 bridgehead atoms. The van der Waals surface area contributed by atoms with Gasteiger partial charge >= 0.3 is 0 Å². The van der Waals surface area contributed by atoms with Crippen molar-refractivity contribution in [1.29, 1.82) is 0 Å². The normalized spacial score (nSPS) is 18.2. The van der Waals surface area contributed by atoms with E-state index in [1.165, 1.54) is 20.8 Å². The van der Waals surface area contributed by atoms with E-state index in [2.05, 4.69) is 4.98 Å². The molecular weight excluding hydrogens is 741 g/mol. The first-order chi connectivity index (χ1) is 37.4. The highest BCUT2D eigenvalue weighted by molar-refractivity contribution is 6.13. The van der Waals surface area contributed by atoms with E-state index in [0.717, 1.165) is 33.6 Å². The molecule has 0 aliphatic rings. The Morgan fingerprint density at radius 2 is 0.934 bits per heavy atom. The number of rotatable bonds is 10. The molecule has 0 saturated carbocycles. The van der Waals surface area contributed by atoms with Crippen LogP contribution in [-0.2, 0) is 25.5 Å². The summed E-state index contributed by atoms with van der Waals surface area (Å²) in [5.41, 5.74) is 2.87. The molecule has 61 heavy (non-hydrogen) atoms. The summed E-state index contributed by atoms with van der Waals surface area (Å²) in [4.78, 5) is 6.58. The summed E-state index contributed by atoms with van der Waals surface area (Å²) in [5, 5.41) is -1.59. The summed E-state index contributed by atoms with van der Waals surface area (Å²) in [6.45, 7) is -7.32. The van der Waals surface area contributed by atoms with Crippen LogP contribution in [0.5, 0.6) is 0 Å². The van der Waals surface area contributed by atoms with E-state index in [1.54, 1.807) is 38.1 Å². The predicted molar refractivity (Wildman–Crippen MR) is 261 cm³/mol. The largest absolute Gasteiger partial charge is 0.436 e. The Hall–Kier alpha value is -6.45. The number of nitrogens with zero attached hydrogens (tertiary/aromatic N) is 2. The fourth-order valence-corrected chi connectivity index (χ4v) is 8.98. The summed E-state index contributed by atoms with van der Waals surface area (Å²) in [6, 6.07) is 39.3. The molecule has 0 atom stereocenters. The number of benzene rings is 8. The first-order valence-electron chi connectivity index (χ1n) is 30.0. The minimum Gasteiger partial charge on any atom is -0.436 e. The van der Waals surface area contributed by atoms with Crippen molar-refractivity contribution in [3.8, 4) is 33.7 Å². The van der Waals surface area contributed by atoms with Crippen molar-refractivity contribution in [3.63, 3.8) is 0 Å². The van der Waals surface area contributed by atoms with E-state index < -0.39 is 85.9 Å². The van der Waals surface area contributed by atoms with Crippen molar-refractivity contribution < 1.29 is 31.8 Å². The van der Waals surface area contributed by atoms with Crippen LogP contribution in [0.1, 0.15) is 105 Å². The van der Waals surface area contributed by atoms with E-state index in [-0.39, 0.29) is 38.6 Å². The van der Waals surface area contributed by atoms with Gasteiger partial charge in [-0.05, 0) is 215 Å². The molecule has 0 aliphatic heterocycles. The maximum absolute atomic E-state index is 9.68. The third-order valence-electron chi connectivity index (χ3n) is 12.2. The molecule has 0 unspecified atom stereocenters. The van der Waals surface area contributed by atoms with Gasteiger partial charge in [-0.15, -0.1) is 0 Å². The van der Waals surface area contributed by atoms with Gasteiger partial charge in [0.2, 0.25) is 5.89 Å². The molecule has 0 radical (unpaired) electrons. The fourth-order valence-electron chi connectivity index (χ4n) is 8.98. The fraction of sp³-hybridized carbons (Fsp3) is 0.224. The predicted octanol–water partition coefficient (Wildman–Crippen LogP) is 16.4. The van der Waals surface area contributed by atoms with Gasteiger partial charge in [-0.3, -0.25) is 0 Å². The molecule has 304 valence electrons. The zero-order chi connectivity index (χ0) is 59.7. The van der Waals surface area contributed by atoms with Crippen molar-refractivity contribution in [2.45, 2.75) is 87.5 Å². The lowest BCUT2D eigenvalue weighted by Crippen LogP contribution is -2.10. The van der Waals surface area contributed by atoms with Gasteiger partial charge in [-0.2, -0.15) is 0 Å². The number of hydrogen-bond donors (Lipinski definition) is 0. The van der Waals surface area contributed by atoms with E-state index in [4.69, 9.17) is 23.6 Å².